The second-order valence-electron chi connectivity index (χ2n) is 7.64. The topological polar surface area (TPSA) is 73.4 Å². The van der Waals surface area contributed by atoms with Crippen LogP contribution >= 0.6 is 0 Å². The van der Waals surface area contributed by atoms with Gasteiger partial charge in [-0.3, -0.25) is 10.2 Å². The Balaban J connectivity index is 1.30. The summed E-state index contributed by atoms with van der Waals surface area (Å²) in [6.07, 6.45) is 2.47. The Morgan fingerprint density at radius 2 is 1.65 bits per heavy atom. The van der Waals surface area contributed by atoms with E-state index in [1.54, 1.807) is 0 Å². The largest absolute Gasteiger partial charge is 0.354 e. The first kappa shape index (κ1) is 20.8. The fourth-order valence-corrected chi connectivity index (χ4v) is 3.67. The van der Waals surface area contributed by atoms with Crippen molar-refractivity contribution in [3.05, 3.63) is 78.1 Å². The van der Waals surface area contributed by atoms with Crippen LogP contribution in [0.4, 0.5) is 22.1 Å². The van der Waals surface area contributed by atoms with Gasteiger partial charge in [-0.2, -0.15) is 0 Å². The molecule has 7 heteroatoms. The molecule has 0 spiro atoms. The van der Waals surface area contributed by atoms with Crippen LogP contribution < -0.4 is 15.5 Å². The monoisotopic (exact) mass is 416 g/mol. The van der Waals surface area contributed by atoms with Gasteiger partial charge in [0.15, 0.2) is 0 Å². The minimum atomic E-state index is -0.318. The molecule has 1 saturated heterocycles. The van der Waals surface area contributed by atoms with E-state index in [9.17, 15) is 4.79 Å². The molecule has 4 rings (SSSR count). The number of aromatic nitrogens is 2. The third kappa shape index (κ3) is 5.79. The molecule has 0 atom stereocenters. The number of hydrogen-bond acceptors (Lipinski definition) is 5. The Labute approximate surface area is 183 Å². The molecule has 2 N–H and O–H groups in total. The van der Waals surface area contributed by atoms with Gasteiger partial charge in [-0.15, -0.1) is 0 Å². The summed E-state index contributed by atoms with van der Waals surface area (Å²) in [5.41, 5.74) is 3.31. The number of nitrogens with one attached hydrogen (secondary N) is 2. The van der Waals surface area contributed by atoms with Crippen molar-refractivity contribution in [2.24, 2.45) is 0 Å². The van der Waals surface area contributed by atoms with Crippen molar-refractivity contribution in [2.75, 3.05) is 41.7 Å². The van der Waals surface area contributed by atoms with Gasteiger partial charge in [-0.05, 0) is 29.7 Å². The fourth-order valence-electron chi connectivity index (χ4n) is 3.67. The first-order valence-corrected chi connectivity index (χ1v) is 10.7. The third-order valence-corrected chi connectivity index (χ3v) is 5.46. The molecule has 0 radical (unpaired) electrons. The van der Waals surface area contributed by atoms with E-state index in [0.717, 1.165) is 50.6 Å². The SMILES string of the molecule is CCc1ccc(NC(=O)Nc2cc(N3CCN(Cc4ccccc4)CC3)ncn2)cc1. The molecule has 31 heavy (non-hydrogen) atoms. The van der Waals surface area contributed by atoms with Gasteiger partial charge in [0, 0.05) is 44.5 Å². The molecule has 7 nitrogen and oxygen atoms in total. The summed E-state index contributed by atoms with van der Waals surface area (Å²) in [6, 6.07) is 19.9. The number of hydrogen-bond donors (Lipinski definition) is 2. The molecule has 3 aromatic rings. The van der Waals surface area contributed by atoms with Crippen molar-refractivity contribution in [2.45, 2.75) is 19.9 Å². The number of amides is 2. The molecule has 1 fully saturated rings. The smallest absolute Gasteiger partial charge is 0.324 e. The summed E-state index contributed by atoms with van der Waals surface area (Å²) in [6.45, 7) is 6.78. The predicted molar refractivity (Wildman–Crippen MR) is 124 cm³/mol. The van der Waals surface area contributed by atoms with E-state index in [1.807, 2.05) is 36.4 Å². The predicted octanol–water partition coefficient (Wildman–Crippen LogP) is 4.01. The van der Waals surface area contributed by atoms with Crippen LogP contribution in [0.3, 0.4) is 0 Å². The molecule has 1 aliphatic heterocycles. The molecule has 1 aromatic heterocycles. The van der Waals surface area contributed by atoms with Crippen molar-refractivity contribution < 1.29 is 4.79 Å². The summed E-state index contributed by atoms with van der Waals surface area (Å²) < 4.78 is 0. The summed E-state index contributed by atoms with van der Waals surface area (Å²) in [5.74, 6) is 1.32. The molecular weight excluding hydrogens is 388 g/mol. The maximum atomic E-state index is 12.3. The van der Waals surface area contributed by atoms with Gasteiger partial charge < -0.3 is 10.2 Å². The number of rotatable bonds is 6. The average Bonchev–Trinajstić information content (AvgIpc) is 2.81. The first-order chi connectivity index (χ1) is 15.2. The highest BCUT2D eigenvalue weighted by Crippen LogP contribution is 2.18. The minimum absolute atomic E-state index is 0.318. The highest BCUT2D eigenvalue weighted by Gasteiger charge is 2.19. The lowest BCUT2D eigenvalue weighted by molar-refractivity contribution is 0.249. The van der Waals surface area contributed by atoms with Crippen LogP contribution in [-0.4, -0.2) is 47.1 Å². The molecule has 2 heterocycles. The maximum Gasteiger partial charge on any atom is 0.324 e. The van der Waals surface area contributed by atoms with E-state index >= 15 is 0 Å². The lowest BCUT2D eigenvalue weighted by Crippen LogP contribution is -2.46. The van der Waals surface area contributed by atoms with E-state index < -0.39 is 0 Å². The number of aryl methyl sites for hydroxylation is 1. The molecular formula is C24H28N6O. The number of urea groups is 1. The zero-order chi connectivity index (χ0) is 21.5. The van der Waals surface area contributed by atoms with E-state index in [2.05, 4.69) is 61.6 Å². The normalized spacial score (nSPS) is 14.3. The van der Waals surface area contributed by atoms with Gasteiger partial charge in [0.25, 0.3) is 0 Å². The van der Waals surface area contributed by atoms with Gasteiger partial charge >= 0.3 is 6.03 Å². The van der Waals surface area contributed by atoms with Crippen LogP contribution in [0.5, 0.6) is 0 Å². The number of nitrogens with zero attached hydrogens (tertiary/aromatic N) is 4. The van der Waals surface area contributed by atoms with Crippen LogP contribution in [0.1, 0.15) is 18.1 Å². The van der Waals surface area contributed by atoms with Crippen molar-refractivity contribution in [3.63, 3.8) is 0 Å². The van der Waals surface area contributed by atoms with Crippen LogP contribution in [-0.2, 0) is 13.0 Å². The lowest BCUT2D eigenvalue weighted by atomic mass is 10.1. The quantitative estimate of drug-likeness (QED) is 0.635. The van der Waals surface area contributed by atoms with E-state index in [-0.39, 0.29) is 6.03 Å². The minimum Gasteiger partial charge on any atom is -0.354 e. The van der Waals surface area contributed by atoms with Crippen LogP contribution in [0.25, 0.3) is 0 Å². The first-order valence-electron chi connectivity index (χ1n) is 10.7. The standard InChI is InChI=1S/C24H28N6O/c1-2-19-8-10-21(11-9-19)27-24(31)28-22-16-23(26-18-25-22)30-14-12-29(13-15-30)17-20-6-4-3-5-7-20/h3-11,16,18H,2,12-15,17H2,1H3,(H2,25,26,27,28,31). The van der Waals surface area contributed by atoms with E-state index in [0.29, 0.717) is 5.82 Å². The van der Waals surface area contributed by atoms with Crippen molar-refractivity contribution >= 4 is 23.4 Å². The Hall–Kier alpha value is -3.45. The second-order valence-corrected chi connectivity index (χ2v) is 7.64. The van der Waals surface area contributed by atoms with Crippen LogP contribution in [0, 0.1) is 0 Å². The maximum absolute atomic E-state index is 12.3. The Morgan fingerprint density at radius 3 is 2.35 bits per heavy atom. The number of carbonyl (C=O) groups is 1. The van der Waals surface area contributed by atoms with Crippen molar-refractivity contribution in [3.8, 4) is 0 Å². The highest BCUT2D eigenvalue weighted by molar-refractivity contribution is 5.99. The van der Waals surface area contributed by atoms with Crippen molar-refractivity contribution in [1.82, 2.24) is 14.9 Å². The molecule has 0 saturated carbocycles. The van der Waals surface area contributed by atoms with Gasteiger partial charge in [-0.1, -0.05) is 49.4 Å². The fraction of sp³-hybridized carbons (Fsp3) is 0.292. The third-order valence-electron chi connectivity index (χ3n) is 5.46. The number of anilines is 3. The number of carbonyl (C=O) groups excluding carboxylic acids is 1. The van der Waals surface area contributed by atoms with Gasteiger partial charge in [0.1, 0.15) is 18.0 Å². The second kappa shape index (κ2) is 10.0. The Bertz CT molecular complexity index is 984. The summed E-state index contributed by atoms with van der Waals surface area (Å²) in [5, 5.41) is 5.64. The van der Waals surface area contributed by atoms with Crippen molar-refractivity contribution in [1.29, 1.82) is 0 Å². The molecule has 0 unspecified atom stereocenters. The molecule has 1 aliphatic rings. The average molecular weight is 417 g/mol. The summed E-state index contributed by atoms with van der Waals surface area (Å²) >= 11 is 0. The Morgan fingerprint density at radius 1 is 0.903 bits per heavy atom. The van der Waals surface area contributed by atoms with E-state index in [4.69, 9.17) is 0 Å². The summed E-state index contributed by atoms with van der Waals surface area (Å²) in [4.78, 5) is 25.6. The van der Waals surface area contributed by atoms with Gasteiger partial charge in [0.2, 0.25) is 0 Å². The van der Waals surface area contributed by atoms with Gasteiger partial charge in [-0.25, -0.2) is 14.8 Å². The van der Waals surface area contributed by atoms with Crippen LogP contribution in [0.15, 0.2) is 67.0 Å². The zero-order valence-electron chi connectivity index (χ0n) is 17.8. The molecule has 0 bridgehead atoms. The molecule has 160 valence electrons. The number of piperazine rings is 1. The molecule has 0 aliphatic carbocycles. The molecule has 2 aromatic carbocycles. The van der Waals surface area contributed by atoms with Crippen LogP contribution in [0.2, 0.25) is 0 Å². The van der Waals surface area contributed by atoms with E-state index in [1.165, 1.54) is 17.5 Å². The zero-order valence-corrected chi connectivity index (χ0v) is 17.8. The molecule has 2 amide bonds. The van der Waals surface area contributed by atoms with Gasteiger partial charge in [0.05, 0.1) is 0 Å². The summed E-state index contributed by atoms with van der Waals surface area (Å²) in [7, 11) is 0. The number of benzene rings is 2. The highest BCUT2D eigenvalue weighted by atomic mass is 16.2. The lowest BCUT2D eigenvalue weighted by Gasteiger charge is -2.35. The Kier molecular flexibility index (Phi) is 6.74.